The number of nitrogens with one attached hydrogen (secondary N) is 2. The number of nitrogens with zero attached hydrogens (tertiary/aromatic N) is 3. The minimum Gasteiger partial charge on any atom is -0.376 e. The Morgan fingerprint density at radius 2 is 1.95 bits per heavy atom. The summed E-state index contributed by atoms with van der Waals surface area (Å²) in [5.41, 5.74) is 3.18. The molecule has 2 aromatic rings. The Morgan fingerprint density at radius 3 is 2.73 bits per heavy atom. The maximum absolute atomic E-state index is 14.4. The largest absolute Gasteiger partial charge is 0.376 e. The molecule has 0 radical (unpaired) electrons. The second-order valence-electron chi connectivity index (χ2n) is 12.2. The SMILES string of the molecule is C#C[C@H]1CC2(CCN1Cc1cccc3c1NC(C)(C)C=C3)C(=NC1CCCCC1)NC(=O)N2c1cccc(F)c1. The molecule has 6 rings (SSSR count). The maximum atomic E-state index is 14.4. The van der Waals surface area contributed by atoms with E-state index in [1.165, 1.54) is 29.7 Å². The average Bonchev–Trinajstić information content (AvgIpc) is 3.19. The molecule has 1 unspecified atom stereocenters. The number of carbonyl (C=O) groups is 1. The van der Waals surface area contributed by atoms with Crippen molar-refractivity contribution >= 4 is 29.3 Å². The topological polar surface area (TPSA) is 60.0 Å². The number of anilines is 2. The zero-order valence-corrected chi connectivity index (χ0v) is 23.4. The van der Waals surface area contributed by atoms with Crippen LogP contribution in [-0.2, 0) is 6.54 Å². The van der Waals surface area contributed by atoms with Crippen LogP contribution in [0.3, 0.4) is 0 Å². The van der Waals surface area contributed by atoms with Crippen molar-refractivity contribution < 1.29 is 9.18 Å². The number of terminal acetylenes is 1. The van der Waals surface area contributed by atoms with Crippen LogP contribution in [0.25, 0.3) is 6.08 Å². The van der Waals surface area contributed by atoms with E-state index >= 15 is 0 Å². The Labute approximate surface area is 236 Å². The van der Waals surface area contributed by atoms with Crippen molar-refractivity contribution in [3.63, 3.8) is 0 Å². The number of benzene rings is 2. The second kappa shape index (κ2) is 10.4. The van der Waals surface area contributed by atoms with E-state index in [2.05, 4.69) is 65.7 Å². The van der Waals surface area contributed by atoms with Crippen LogP contribution in [0.5, 0.6) is 0 Å². The molecule has 1 saturated carbocycles. The number of aliphatic imine (C=N–C) groups is 1. The number of urea groups is 1. The highest BCUT2D eigenvalue weighted by Gasteiger charge is 2.55. The summed E-state index contributed by atoms with van der Waals surface area (Å²) in [6.45, 7) is 5.70. The molecule has 7 heteroatoms. The van der Waals surface area contributed by atoms with Crippen molar-refractivity contribution in [2.45, 2.75) is 88.5 Å². The van der Waals surface area contributed by atoms with Crippen molar-refractivity contribution in [3.05, 3.63) is 65.5 Å². The first-order chi connectivity index (χ1) is 19.3. The zero-order chi connectivity index (χ0) is 27.9. The first kappa shape index (κ1) is 26.6. The number of rotatable bonds is 4. The molecule has 2 amide bonds. The van der Waals surface area contributed by atoms with E-state index in [9.17, 15) is 9.18 Å². The third-order valence-electron chi connectivity index (χ3n) is 8.91. The Bertz CT molecular complexity index is 1400. The van der Waals surface area contributed by atoms with Gasteiger partial charge in [-0.3, -0.25) is 20.1 Å². The Hall–Kier alpha value is -3.63. The van der Waals surface area contributed by atoms with E-state index in [0.29, 0.717) is 37.5 Å². The van der Waals surface area contributed by atoms with Gasteiger partial charge in [-0.05, 0) is 62.4 Å². The molecule has 208 valence electrons. The fraction of sp³-hybridized carbons (Fsp3) is 0.455. The van der Waals surface area contributed by atoms with Gasteiger partial charge in [-0.25, -0.2) is 9.18 Å². The minimum absolute atomic E-state index is 0.133. The van der Waals surface area contributed by atoms with Crippen LogP contribution < -0.4 is 15.5 Å². The number of para-hydroxylation sites is 1. The van der Waals surface area contributed by atoms with Gasteiger partial charge in [0, 0.05) is 30.9 Å². The van der Waals surface area contributed by atoms with Gasteiger partial charge >= 0.3 is 6.03 Å². The first-order valence-electron chi connectivity index (χ1n) is 14.5. The lowest BCUT2D eigenvalue weighted by atomic mass is 9.80. The van der Waals surface area contributed by atoms with Crippen molar-refractivity contribution in [3.8, 4) is 12.3 Å². The predicted molar refractivity (Wildman–Crippen MR) is 160 cm³/mol. The van der Waals surface area contributed by atoms with Gasteiger partial charge in [-0.15, -0.1) is 6.42 Å². The number of fused-ring (bicyclic) bond motifs is 1. The van der Waals surface area contributed by atoms with Gasteiger partial charge in [0.1, 0.15) is 17.2 Å². The van der Waals surface area contributed by atoms with Crippen LogP contribution >= 0.6 is 0 Å². The fourth-order valence-electron chi connectivity index (χ4n) is 6.83. The van der Waals surface area contributed by atoms with Crippen LogP contribution in [0, 0.1) is 18.2 Å². The van der Waals surface area contributed by atoms with E-state index in [1.54, 1.807) is 17.0 Å². The summed E-state index contributed by atoms with van der Waals surface area (Å²) < 4.78 is 14.4. The molecule has 1 aliphatic carbocycles. The number of amidine groups is 1. The van der Waals surface area contributed by atoms with Crippen molar-refractivity contribution in [1.29, 1.82) is 0 Å². The molecule has 3 fully saturated rings. The minimum atomic E-state index is -0.741. The highest BCUT2D eigenvalue weighted by Crippen LogP contribution is 2.42. The van der Waals surface area contributed by atoms with Crippen LogP contribution in [-0.4, -0.2) is 46.5 Å². The number of likely N-dealkylation sites (tertiary alicyclic amines) is 1. The summed E-state index contributed by atoms with van der Waals surface area (Å²) in [6, 6.07) is 12.4. The summed E-state index contributed by atoms with van der Waals surface area (Å²) in [5.74, 6) is 3.36. The molecule has 3 aliphatic heterocycles. The monoisotopic (exact) mass is 539 g/mol. The van der Waals surface area contributed by atoms with E-state index in [1.807, 2.05) is 0 Å². The maximum Gasteiger partial charge on any atom is 0.328 e. The van der Waals surface area contributed by atoms with Gasteiger partial charge in [-0.2, -0.15) is 0 Å². The lowest BCUT2D eigenvalue weighted by molar-refractivity contribution is 0.146. The molecule has 2 saturated heterocycles. The smallest absolute Gasteiger partial charge is 0.328 e. The van der Waals surface area contributed by atoms with Crippen LogP contribution in [0.15, 0.2) is 53.5 Å². The average molecular weight is 540 g/mol. The third-order valence-corrected chi connectivity index (χ3v) is 8.91. The normalized spacial score (nSPS) is 27.4. The predicted octanol–water partition coefficient (Wildman–Crippen LogP) is 6.34. The number of piperidine rings is 1. The molecule has 2 aromatic carbocycles. The number of carbonyl (C=O) groups excluding carboxylic acids is 1. The molecular weight excluding hydrogens is 501 g/mol. The molecule has 3 heterocycles. The lowest BCUT2D eigenvalue weighted by Gasteiger charge is -2.46. The van der Waals surface area contributed by atoms with Gasteiger partial charge in [0.25, 0.3) is 0 Å². The summed E-state index contributed by atoms with van der Waals surface area (Å²) in [7, 11) is 0. The lowest BCUT2D eigenvalue weighted by Crippen LogP contribution is -2.60. The first-order valence-corrected chi connectivity index (χ1v) is 14.5. The standard InChI is InChI=1S/C33H38FN5O/c1-4-27-21-33(18-19-38(27)22-24-11-8-10-23-16-17-32(2,3)37-29(23)24)30(35-26-13-6-5-7-14-26)36-31(40)39(33)28-15-9-12-25(34)20-28/h1,8-12,15-17,20,26-27,37H,5-7,13-14,18-19,21-22H2,2-3H3,(H,35,36,40)/t27-,33?/m0/s1. The van der Waals surface area contributed by atoms with E-state index in [-0.39, 0.29) is 29.5 Å². The number of hydrogen-bond acceptors (Lipinski definition) is 4. The van der Waals surface area contributed by atoms with Gasteiger partial charge in [-0.1, -0.05) is 61.6 Å². The molecule has 40 heavy (non-hydrogen) atoms. The Morgan fingerprint density at radius 1 is 1.15 bits per heavy atom. The number of halogens is 1. The molecule has 0 aromatic heterocycles. The highest BCUT2D eigenvalue weighted by atomic mass is 19.1. The fourth-order valence-corrected chi connectivity index (χ4v) is 6.83. The molecular formula is C33H38FN5O. The van der Waals surface area contributed by atoms with Gasteiger partial charge in [0.2, 0.25) is 0 Å². The molecule has 4 aliphatic rings. The number of amides is 2. The summed E-state index contributed by atoms with van der Waals surface area (Å²) in [6.07, 6.45) is 17.3. The summed E-state index contributed by atoms with van der Waals surface area (Å²) >= 11 is 0. The molecule has 1 spiro atoms. The van der Waals surface area contributed by atoms with Crippen molar-refractivity contribution in [2.75, 3.05) is 16.8 Å². The van der Waals surface area contributed by atoms with Crippen LogP contribution in [0.4, 0.5) is 20.6 Å². The van der Waals surface area contributed by atoms with Crippen molar-refractivity contribution in [2.24, 2.45) is 4.99 Å². The highest BCUT2D eigenvalue weighted by molar-refractivity contribution is 6.19. The van der Waals surface area contributed by atoms with Gasteiger partial charge in [0.05, 0.1) is 17.6 Å². The summed E-state index contributed by atoms with van der Waals surface area (Å²) in [4.78, 5) is 22.7. The Kier molecular flexibility index (Phi) is 6.92. The molecule has 6 nitrogen and oxygen atoms in total. The van der Waals surface area contributed by atoms with Crippen molar-refractivity contribution in [1.82, 2.24) is 10.2 Å². The third kappa shape index (κ3) is 4.90. The van der Waals surface area contributed by atoms with Gasteiger partial charge in [0.15, 0.2) is 0 Å². The van der Waals surface area contributed by atoms with Crippen LogP contribution in [0.1, 0.15) is 69.9 Å². The second-order valence-corrected chi connectivity index (χ2v) is 12.2. The van der Waals surface area contributed by atoms with E-state index in [0.717, 1.165) is 31.4 Å². The molecule has 2 atom stereocenters. The molecule has 0 bridgehead atoms. The van der Waals surface area contributed by atoms with Crippen LogP contribution in [0.2, 0.25) is 0 Å². The quantitative estimate of drug-likeness (QED) is 0.446. The van der Waals surface area contributed by atoms with E-state index in [4.69, 9.17) is 11.4 Å². The number of hydrogen-bond donors (Lipinski definition) is 2. The summed E-state index contributed by atoms with van der Waals surface area (Å²) in [5, 5.41) is 6.78. The zero-order valence-electron chi connectivity index (χ0n) is 23.4. The van der Waals surface area contributed by atoms with E-state index < -0.39 is 5.54 Å². The molecule has 2 N–H and O–H groups in total. The van der Waals surface area contributed by atoms with Gasteiger partial charge < -0.3 is 5.32 Å². The Balaban J connectivity index is 1.34.